The smallest absolute Gasteiger partial charge is 0.0489 e. The maximum atomic E-state index is 4.25. The molecule has 1 aromatic carbocycles. The standard InChI is InChI=1S/C9H7NS2/c11-8-5-7-3-1-2-4-9(7)12-10-6-8/h1-6,11H. The summed E-state index contributed by atoms with van der Waals surface area (Å²) in [4.78, 5) is 2.07. The monoisotopic (exact) mass is 193 g/mol. The molecule has 0 atom stereocenters. The molecule has 0 bridgehead atoms. The van der Waals surface area contributed by atoms with Crippen molar-refractivity contribution in [2.45, 2.75) is 4.90 Å². The fraction of sp³-hybridized carbons (Fsp3) is 0. The van der Waals surface area contributed by atoms with Crippen molar-refractivity contribution in [2.75, 3.05) is 0 Å². The topological polar surface area (TPSA) is 12.4 Å². The van der Waals surface area contributed by atoms with Gasteiger partial charge in [0.1, 0.15) is 0 Å². The minimum absolute atomic E-state index is 0.896. The van der Waals surface area contributed by atoms with Crippen molar-refractivity contribution in [3.8, 4) is 0 Å². The molecule has 0 amide bonds. The Balaban J connectivity index is 2.54. The highest BCUT2D eigenvalue weighted by Crippen LogP contribution is 2.28. The largest absolute Gasteiger partial charge is 0.218 e. The van der Waals surface area contributed by atoms with Gasteiger partial charge >= 0.3 is 0 Å². The maximum Gasteiger partial charge on any atom is 0.0489 e. The summed E-state index contributed by atoms with van der Waals surface area (Å²) in [7, 11) is 0. The molecule has 1 aliphatic heterocycles. The van der Waals surface area contributed by atoms with Crippen LogP contribution >= 0.6 is 24.6 Å². The second-order valence-corrected chi connectivity index (χ2v) is 3.78. The third kappa shape index (κ3) is 1.57. The Morgan fingerprint density at radius 1 is 1.25 bits per heavy atom. The third-order valence-corrected chi connectivity index (χ3v) is 2.58. The zero-order chi connectivity index (χ0) is 8.39. The van der Waals surface area contributed by atoms with Gasteiger partial charge < -0.3 is 0 Å². The Morgan fingerprint density at radius 3 is 3.00 bits per heavy atom. The van der Waals surface area contributed by atoms with Crippen LogP contribution < -0.4 is 0 Å². The Labute approximate surface area is 81.1 Å². The second kappa shape index (κ2) is 3.37. The first-order valence-corrected chi connectivity index (χ1v) is 4.78. The van der Waals surface area contributed by atoms with Crippen molar-refractivity contribution in [2.24, 2.45) is 4.40 Å². The highest BCUT2D eigenvalue weighted by atomic mass is 32.2. The Morgan fingerprint density at radius 2 is 2.08 bits per heavy atom. The van der Waals surface area contributed by atoms with Crippen LogP contribution in [0, 0.1) is 0 Å². The van der Waals surface area contributed by atoms with E-state index < -0.39 is 0 Å². The van der Waals surface area contributed by atoms with Crippen LogP contribution in [-0.4, -0.2) is 6.21 Å². The van der Waals surface area contributed by atoms with Crippen LogP contribution in [0.2, 0.25) is 0 Å². The lowest BCUT2D eigenvalue weighted by molar-refractivity contribution is 1.43. The van der Waals surface area contributed by atoms with Gasteiger partial charge in [0.25, 0.3) is 0 Å². The Kier molecular flexibility index (Phi) is 2.23. The fourth-order valence-electron chi connectivity index (χ4n) is 1.02. The highest BCUT2D eigenvalue weighted by Gasteiger charge is 2.02. The van der Waals surface area contributed by atoms with Crippen molar-refractivity contribution >= 4 is 36.9 Å². The molecule has 0 radical (unpaired) electrons. The van der Waals surface area contributed by atoms with Crippen LogP contribution in [0.15, 0.2) is 38.5 Å². The first-order chi connectivity index (χ1) is 5.86. The minimum Gasteiger partial charge on any atom is -0.218 e. The molecule has 1 aromatic rings. The lowest BCUT2D eigenvalue weighted by Crippen LogP contribution is -1.75. The lowest BCUT2D eigenvalue weighted by Gasteiger charge is -1.97. The van der Waals surface area contributed by atoms with Gasteiger partial charge in [-0.15, -0.1) is 12.6 Å². The quantitative estimate of drug-likeness (QED) is 0.493. The molecular formula is C9H7NS2. The summed E-state index contributed by atoms with van der Waals surface area (Å²) in [6, 6.07) is 8.15. The van der Waals surface area contributed by atoms with E-state index in [1.54, 1.807) is 6.21 Å². The molecule has 1 aliphatic rings. The molecule has 2 rings (SSSR count). The molecule has 0 N–H and O–H groups in total. The summed E-state index contributed by atoms with van der Waals surface area (Å²) in [6.45, 7) is 0. The lowest BCUT2D eigenvalue weighted by atomic mass is 10.2. The van der Waals surface area contributed by atoms with Crippen molar-refractivity contribution in [3.63, 3.8) is 0 Å². The SMILES string of the molecule is SC1=Cc2ccccc2SN=C1. The number of hydrogen-bond acceptors (Lipinski definition) is 3. The van der Waals surface area contributed by atoms with Gasteiger partial charge in [0.2, 0.25) is 0 Å². The van der Waals surface area contributed by atoms with Crippen LogP contribution in [-0.2, 0) is 0 Å². The van der Waals surface area contributed by atoms with Gasteiger partial charge in [-0.25, -0.2) is 4.40 Å². The number of fused-ring (bicyclic) bond motifs is 1. The van der Waals surface area contributed by atoms with Crippen molar-refractivity contribution in [3.05, 3.63) is 34.7 Å². The summed E-state index contributed by atoms with van der Waals surface area (Å²) in [5.41, 5.74) is 1.19. The van der Waals surface area contributed by atoms with Crippen LogP contribution in [0.25, 0.3) is 6.08 Å². The number of rotatable bonds is 0. The first kappa shape index (κ1) is 7.95. The highest BCUT2D eigenvalue weighted by molar-refractivity contribution is 7.98. The molecule has 0 unspecified atom stereocenters. The van der Waals surface area contributed by atoms with E-state index in [-0.39, 0.29) is 0 Å². The molecule has 60 valence electrons. The summed E-state index contributed by atoms with van der Waals surface area (Å²) in [5, 5.41) is 0. The number of thiol groups is 1. The Bertz CT molecular complexity index is 355. The summed E-state index contributed by atoms with van der Waals surface area (Å²) >= 11 is 5.74. The van der Waals surface area contributed by atoms with Gasteiger partial charge in [-0.3, -0.25) is 0 Å². The fourth-order valence-corrected chi connectivity index (χ4v) is 1.94. The van der Waals surface area contributed by atoms with E-state index in [0.717, 1.165) is 4.91 Å². The molecule has 0 saturated carbocycles. The summed E-state index contributed by atoms with van der Waals surface area (Å²) < 4.78 is 4.14. The van der Waals surface area contributed by atoms with Crippen LogP contribution in [0.5, 0.6) is 0 Å². The van der Waals surface area contributed by atoms with E-state index in [0.29, 0.717) is 0 Å². The molecule has 3 heteroatoms. The molecule has 1 heterocycles. The minimum atomic E-state index is 0.896. The van der Waals surface area contributed by atoms with Crippen molar-refractivity contribution in [1.82, 2.24) is 0 Å². The third-order valence-electron chi connectivity index (χ3n) is 1.56. The van der Waals surface area contributed by atoms with Gasteiger partial charge in [-0.05, 0) is 17.7 Å². The molecule has 0 spiro atoms. The molecule has 0 saturated heterocycles. The van der Waals surface area contributed by atoms with Crippen LogP contribution in [0.1, 0.15) is 5.56 Å². The van der Waals surface area contributed by atoms with Crippen molar-refractivity contribution < 1.29 is 0 Å². The second-order valence-electron chi connectivity index (χ2n) is 2.43. The van der Waals surface area contributed by atoms with E-state index >= 15 is 0 Å². The number of nitrogens with zero attached hydrogens (tertiary/aromatic N) is 1. The molecular weight excluding hydrogens is 186 g/mol. The van der Waals surface area contributed by atoms with E-state index in [1.807, 2.05) is 18.2 Å². The predicted octanol–water partition coefficient (Wildman–Crippen LogP) is 3.05. The number of hydrogen-bond donors (Lipinski definition) is 1. The van der Waals surface area contributed by atoms with Gasteiger partial charge in [0, 0.05) is 28.0 Å². The predicted molar refractivity (Wildman–Crippen MR) is 57.8 cm³/mol. The zero-order valence-corrected chi connectivity index (χ0v) is 7.98. The molecule has 0 aliphatic carbocycles. The van der Waals surface area contributed by atoms with Gasteiger partial charge in [-0.1, -0.05) is 18.2 Å². The van der Waals surface area contributed by atoms with E-state index in [4.69, 9.17) is 0 Å². The molecule has 0 aromatic heterocycles. The average Bonchev–Trinajstić information content (AvgIpc) is 2.25. The summed E-state index contributed by atoms with van der Waals surface area (Å²) in [5.74, 6) is 0. The van der Waals surface area contributed by atoms with E-state index in [9.17, 15) is 0 Å². The first-order valence-electron chi connectivity index (χ1n) is 3.56. The van der Waals surface area contributed by atoms with Crippen molar-refractivity contribution in [1.29, 1.82) is 0 Å². The van der Waals surface area contributed by atoms with Crippen LogP contribution in [0.4, 0.5) is 0 Å². The van der Waals surface area contributed by atoms with Crippen LogP contribution in [0.3, 0.4) is 0 Å². The van der Waals surface area contributed by atoms with E-state index in [1.165, 1.54) is 22.4 Å². The molecule has 1 nitrogen and oxygen atoms in total. The maximum absolute atomic E-state index is 4.25. The van der Waals surface area contributed by atoms with Gasteiger partial charge in [-0.2, -0.15) is 0 Å². The van der Waals surface area contributed by atoms with E-state index in [2.05, 4.69) is 29.2 Å². The molecule has 0 fully saturated rings. The number of allylic oxidation sites excluding steroid dienone is 1. The Hall–Kier alpha value is -0.670. The normalized spacial score (nSPS) is 14.9. The zero-order valence-electron chi connectivity index (χ0n) is 6.27. The average molecular weight is 193 g/mol. The van der Waals surface area contributed by atoms with Gasteiger partial charge in [0.15, 0.2) is 0 Å². The van der Waals surface area contributed by atoms with Gasteiger partial charge in [0.05, 0.1) is 0 Å². The summed E-state index contributed by atoms with van der Waals surface area (Å²) in [6.07, 6.45) is 3.77. The molecule has 12 heavy (non-hydrogen) atoms. The number of benzene rings is 1.